The molecule has 5 atom stereocenters. The molecule has 0 radical (unpaired) electrons. The number of aliphatic hydroxyl groups excluding tert-OH is 2. The van der Waals surface area contributed by atoms with Crippen LogP contribution in [0.15, 0.2) is 116 Å². The Labute approximate surface area is 274 Å². The number of hydrogen-bond acceptors (Lipinski definition) is 8. The number of carbonyl (C=O) groups excluding carboxylic acids is 1. The maximum atomic E-state index is 12.9. The van der Waals surface area contributed by atoms with Crippen LogP contribution in [-0.2, 0) is 9.47 Å². The summed E-state index contributed by atoms with van der Waals surface area (Å²) >= 11 is 0. The fourth-order valence-electron chi connectivity index (χ4n) is 6.90. The fourth-order valence-corrected chi connectivity index (χ4v) is 12.7. The molecule has 3 aromatic carbocycles. The van der Waals surface area contributed by atoms with Crippen molar-refractivity contribution in [2.24, 2.45) is 0 Å². The molecular formula is C36H39N5O5Si. The van der Waals surface area contributed by atoms with Gasteiger partial charge >= 0.3 is 0 Å². The molecule has 0 aliphatic carbocycles. The molecule has 1 unspecified atom stereocenters. The molecule has 1 aliphatic heterocycles. The standard InChI is InChI=1S/C36H39N5O5Si/c1-5-21-45-29-28(42)34(41-23-39-27-31(37-22-38-32(27)41)40-33(43)24-15-9-6-10-16-24)46-30(29)35(44)47(36(2,3)4,25-17-11-7-12-18-25)26-19-13-8-14-20-26/h5-20,22-23,28-30,34-35,42,44H,1,21H2,2-4H3,(H,37,38,40,43)/t28-,29+,30+,34-,35?/m1/s1. The average Bonchev–Trinajstić information content (AvgIpc) is 3.65. The van der Waals surface area contributed by atoms with Crippen molar-refractivity contribution >= 4 is 41.3 Å². The number of rotatable bonds is 10. The average molecular weight is 650 g/mol. The number of hydrogen-bond donors (Lipinski definition) is 3. The van der Waals surface area contributed by atoms with Crippen LogP contribution in [0, 0.1) is 0 Å². The van der Waals surface area contributed by atoms with E-state index in [0.717, 1.165) is 10.4 Å². The molecule has 0 saturated carbocycles. The van der Waals surface area contributed by atoms with E-state index >= 15 is 0 Å². The number of benzene rings is 3. The van der Waals surface area contributed by atoms with Gasteiger partial charge in [0, 0.05) is 5.56 Å². The number of fused-ring (bicyclic) bond motifs is 1. The molecule has 0 bridgehead atoms. The predicted molar refractivity (Wildman–Crippen MR) is 183 cm³/mol. The predicted octanol–water partition coefficient (Wildman–Crippen LogP) is 3.87. The third-order valence-corrected chi connectivity index (χ3v) is 15.0. The number of nitrogens with one attached hydrogen (secondary N) is 1. The number of amides is 1. The Bertz CT molecular complexity index is 1790. The van der Waals surface area contributed by atoms with Crippen molar-refractivity contribution in [3.05, 3.63) is 122 Å². The summed E-state index contributed by atoms with van der Waals surface area (Å²) in [7, 11) is -3.14. The van der Waals surface area contributed by atoms with Crippen molar-refractivity contribution in [2.45, 2.75) is 56.1 Å². The van der Waals surface area contributed by atoms with Gasteiger partial charge in [-0.1, -0.05) is 116 Å². The molecule has 1 amide bonds. The first-order valence-corrected chi connectivity index (χ1v) is 17.6. The lowest BCUT2D eigenvalue weighted by atomic mass is 10.1. The summed E-state index contributed by atoms with van der Waals surface area (Å²) in [5, 5.41) is 29.1. The van der Waals surface area contributed by atoms with Gasteiger partial charge in [0.25, 0.3) is 5.91 Å². The summed E-state index contributed by atoms with van der Waals surface area (Å²) in [6, 6.07) is 29.0. The minimum Gasteiger partial charge on any atom is -0.393 e. The van der Waals surface area contributed by atoms with Gasteiger partial charge in [-0.2, -0.15) is 0 Å². The Balaban J connectivity index is 1.42. The highest BCUT2D eigenvalue weighted by atomic mass is 28.3. The second kappa shape index (κ2) is 13.3. The Hall–Kier alpha value is -4.52. The molecule has 3 heterocycles. The monoisotopic (exact) mass is 649 g/mol. The van der Waals surface area contributed by atoms with Crippen molar-refractivity contribution < 1.29 is 24.5 Å². The fraction of sp³-hybridized carbons (Fsp3) is 0.278. The topological polar surface area (TPSA) is 132 Å². The molecule has 1 aliphatic rings. The lowest BCUT2D eigenvalue weighted by molar-refractivity contribution is -0.0718. The third kappa shape index (κ3) is 5.81. The molecule has 47 heavy (non-hydrogen) atoms. The van der Waals surface area contributed by atoms with E-state index < -0.39 is 43.4 Å². The zero-order chi connectivity index (χ0) is 33.2. The van der Waals surface area contributed by atoms with E-state index in [1.165, 1.54) is 12.7 Å². The van der Waals surface area contributed by atoms with Crippen molar-refractivity contribution in [3.8, 4) is 0 Å². The Morgan fingerprint density at radius 3 is 2.17 bits per heavy atom. The van der Waals surface area contributed by atoms with Crippen LogP contribution in [0.25, 0.3) is 11.2 Å². The first kappa shape index (κ1) is 32.4. The van der Waals surface area contributed by atoms with Gasteiger partial charge in [0.05, 0.1) is 18.7 Å². The number of nitrogens with zero attached hydrogens (tertiary/aromatic N) is 4. The van der Waals surface area contributed by atoms with E-state index in [1.807, 2.05) is 42.5 Å². The van der Waals surface area contributed by atoms with E-state index in [4.69, 9.17) is 9.47 Å². The third-order valence-electron chi connectivity index (χ3n) is 8.95. The lowest BCUT2D eigenvalue weighted by Gasteiger charge is -2.49. The minimum atomic E-state index is -3.14. The van der Waals surface area contributed by atoms with E-state index in [-0.39, 0.29) is 18.3 Å². The van der Waals surface area contributed by atoms with Crippen LogP contribution >= 0.6 is 0 Å². The van der Waals surface area contributed by atoms with E-state index in [9.17, 15) is 15.0 Å². The molecule has 10 nitrogen and oxygen atoms in total. The molecule has 5 aromatic rings. The van der Waals surface area contributed by atoms with Gasteiger partial charge in [0.2, 0.25) is 0 Å². The normalized spacial score (nSPS) is 20.6. The number of imidazole rings is 1. The maximum Gasteiger partial charge on any atom is 0.256 e. The lowest BCUT2D eigenvalue weighted by Crippen LogP contribution is -2.75. The van der Waals surface area contributed by atoms with Crippen LogP contribution in [0.2, 0.25) is 5.04 Å². The summed E-state index contributed by atoms with van der Waals surface area (Å²) in [6.45, 7) is 10.4. The molecule has 6 rings (SSSR count). The van der Waals surface area contributed by atoms with Crippen molar-refractivity contribution in [1.29, 1.82) is 0 Å². The quantitative estimate of drug-likeness (QED) is 0.154. The highest BCUT2D eigenvalue weighted by molar-refractivity contribution is 7.05. The van der Waals surface area contributed by atoms with Crippen LogP contribution in [0.3, 0.4) is 0 Å². The molecule has 1 saturated heterocycles. The Morgan fingerprint density at radius 1 is 1.00 bits per heavy atom. The molecule has 0 spiro atoms. The summed E-state index contributed by atoms with van der Waals surface area (Å²) in [5.41, 5.74) is 0.0881. The molecule has 11 heteroatoms. The summed E-state index contributed by atoms with van der Waals surface area (Å²) < 4.78 is 14.5. The van der Waals surface area contributed by atoms with Gasteiger partial charge in [-0.05, 0) is 17.2 Å². The molecular weight excluding hydrogens is 611 g/mol. The van der Waals surface area contributed by atoms with E-state index in [2.05, 4.69) is 71.9 Å². The van der Waals surface area contributed by atoms with Gasteiger partial charge in [0.15, 0.2) is 31.3 Å². The second-order valence-corrected chi connectivity index (χ2v) is 17.5. The number of carbonyl (C=O) groups is 1. The Kier molecular flexibility index (Phi) is 9.17. The first-order valence-electron chi connectivity index (χ1n) is 15.6. The van der Waals surface area contributed by atoms with Crippen molar-refractivity contribution in [3.63, 3.8) is 0 Å². The van der Waals surface area contributed by atoms with Crippen molar-refractivity contribution in [2.75, 3.05) is 11.9 Å². The van der Waals surface area contributed by atoms with Crippen LogP contribution in [0.5, 0.6) is 0 Å². The van der Waals surface area contributed by atoms with E-state index in [1.54, 1.807) is 34.9 Å². The summed E-state index contributed by atoms with van der Waals surface area (Å²) in [5.74, 6) is -0.123. The molecule has 1 fully saturated rings. The van der Waals surface area contributed by atoms with Crippen LogP contribution < -0.4 is 15.7 Å². The minimum absolute atomic E-state index is 0.143. The SMILES string of the molecule is C=CCO[C@H]1[C@@H](O)[C@H](n2cnc3c(NC(=O)c4ccccc4)ncnc32)O[C@@H]1C(O)[Si](c1ccccc1)(c1ccccc1)C(C)(C)C. The van der Waals surface area contributed by atoms with Crippen molar-refractivity contribution in [1.82, 2.24) is 19.5 Å². The van der Waals surface area contributed by atoms with Gasteiger partial charge in [-0.15, -0.1) is 6.58 Å². The Morgan fingerprint density at radius 2 is 1.60 bits per heavy atom. The maximum absolute atomic E-state index is 12.9. The summed E-state index contributed by atoms with van der Waals surface area (Å²) in [4.78, 5) is 26.1. The highest BCUT2D eigenvalue weighted by Gasteiger charge is 2.60. The van der Waals surface area contributed by atoms with Crippen LogP contribution in [0.1, 0.15) is 37.4 Å². The number of aromatic nitrogens is 4. The van der Waals surface area contributed by atoms with Gasteiger partial charge in [-0.3, -0.25) is 9.36 Å². The smallest absolute Gasteiger partial charge is 0.256 e. The number of ether oxygens (including phenoxy) is 2. The zero-order valence-electron chi connectivity index (χ0n) is 26.6. The second-order valence-electron chi connectivity index (χ2n) is 12.7. The number of anilines is 1. The first-order chi connectivity index (χ1) is 22.7. The summed E-state index contributed by atoms with van der Waals surface area (Å²) in [6.07, 6.45) is 0.358. The van der Waals surface area contributed by atoms with Gasteiger partial charge in [0.1, 0.15) is 24.6 Å². The molecule has 2 aromatic heterocycles. The number of aliphatic hydroxyl groups is 2. The zero-order valence-corrected chi connectivity index (χ0v) is 27.6. The largest absolute Gasteiger partial charge is 0.393 e. The highest BCUT2D eigenvalue weighted by Crippen LogP contribution is 2.44. The van der Waals surface area contributed by atoms with Crippen LogP contribution in [-0.4, -0.2) is 74.4 Å². The van der Waals surface area contributed by atoms with Gasteiger partial charge in [-0.25, -0.2) is 15.0 Å². The van der Waals surface area contributed by atoms with E-state index in [0.29, 0.717) is 16.7 Å². The van der Waals surface area contributed by atoms with Crippen LogP contribution in [0.4, 0.5) is 5.82 Å². The molecule has 3 N–H and O–H groups in total. The van der Waals surface area contributed by atoms with Gasteiger partial charge < -0.3 is 25.0 Å². The molecule has 242 valence electrons.